The normalized spacial score (nSPS) is 15.4. The number of carbonyl (C=O) groups excluding carboxylic acids is 3. The van der Waals surface area contributed by atoms with Crippen molar-refractivity contribution in [1.82, 2.24) is 0 Å². The number of phenolic OH excluding ortho intramolecular Hbond substituents is 3. The maximum Gasteiger partial charge on any atom is 0.202 e. The van der Waals surface area contributed by atoms with E-state index in [1.54, 1.807) is 0 Å². The maximum absolute atomic E-state index is 12.8. The predicted octanol–water partition coefficient (Wildman–Crippen LogP) is 2.13. The third kappa shape index (κ3) is 4.60. The van der Waals surface area contributed by atoms with Crippen molar-refractivity contribution in [3.63, 3.8) is 0 Å². The van der Waals surface area contributed by atoms with Gasteiger partial charge in [-0.15, -0.1) is 0 Å². The number of aliphatic hydroxyl groups is 2. The van der Waals surface area contributed by atoms with Crippen molar-refractivity contribution in [2.24, 2.45) is 5.92 Å². The summed E-state index contributed by atoms with van der Waals surface area (Å²) in [4.78, 5) is 34.4. The molecule has 31 heavy (non-hydrogen) atoms. The van der Waals surface area contributed by atoms with E-state index in [1.165, 1.54) is 25.1 Å². The topological polar surface area (TPSA) is 152 Å². The molecule has 0 spiro atoms. The number of aldehydes is 1. The molecule has 0 aromatic heterocycles. The lowest BCUT2D eigenvalue weighted by Crippen LogP contribution is -2.24. The van der Waals surface area contributed by atoms with Gasteiger partial charge in [-0.25, -0.2) is 0 Å². The van der Waals surface area contributed by atoms with E-state index < -0.39 is 11.6 Å². The summed E-state index contributed by atoms with van der Waals surface area (Å²) in [6, 6.07) is 4.24. The molecule has 0 saturated heterocycles. The van der Waals surface area contributed by atoms with Gasteiger partial charge < -0.3 is 30.3 Å². The largest absolute Gasteiger partial charge is 0.507 e. The molecule has 0 heterocycles. The third-order valence-electron chi connectivity index (χ3n) is 5.07. The van der Waals surface area contributed by atoms with E-state index in [-0.39, 0.29) is 39.5 Å². The van der Waals surface area contributed by atoms with Gasteiger partial charge in [0.25, 0.3) is 0 Å². The van der Waals surface area contributed by atoms with Gasteiger partial charge >= 0.3 is 0 Å². The van der Waals surface area contributed by atoms with E-state index in [1.807, 2.05) is 6.92 Å². The Morgan fingerprint density at radius 1 is 0.871 bits per heavy atom. The van der Waals surface area contributed by atoms with Crippen LogP contribution in [0.4, 0.5) is 0 Å². The van der Waals surface area contributed by atoms with Crippen LogP contribution in [-0.2, 0) is 17.6 Å². The van der Waals surface area contributed by atoms with E-state index in [0.717, 1.165) is 26.9 Å². The van der Waals surface area contributed by atoms with Gasteiger partial charge in [0.15, 0.2) is 5.78 Å². The Kier molecular flexibility index (Phi) is 9.36. The summed E-state index contributed by atoms with van der Waals surface area (Å²) in [5, 5.41) is 45.3. The first-order chi connectivity index (χ1) is 14.8. The van der Waals surface area contributed by atoms with Gasteiger partial charge in [-0.1, -0.05) is 19.1 Å². The molecule has 2 aromatic carbocycles. The number of fused-ring (bicyclic) bond motifs is 3. The van der Waals surface area contributed by atoms with Crippen LogP contribution in [0.2, 0.25) is 0 Å². The number of aliphatic hydroxyl groups excluding tert-OH is 2. The fourth-order valence-electron chi connectivity index (χ4n) is 3.82. The predicted molar refractivity (Wildman–Crippen MR) is 114 cm³/mol. The fourth-order valence-corrected chi connectivity index (χ4v) is 3.82. The van der Waals surface area contributed by atoms with E-state index in [4.69, 9.17) is 15.0 Å². The highest BCUT2D eigenvalue weighted by Gasteiger charge is 2.39. The number of hydrogen-bond acceptors (Lipinski definition) is 8. The van der Waals surface area contributed by atoms with Crippen LogP contribution in [0.5, 0.6) is 17.2 Å². The number of phenols is 3. The van der Waals surface area contributed by atoms with E-state index >= 15 is 0 Å². The van der Waals surface area contributed by atoms with Crippen LogP contribution >= 0.6 is 0 Å². The van der Waals surface area contributed by atoms with Crippen LogP contribution < -0.4 is 0 Å². The summed E-state index contributed by atoms with van der Waals surface area (Å²) in [7, 11) is 2.00. The molecule has 2 aromatic rings. The number of ketones is 2. The highest BCUT2D eigenvalue weighted by molar-refractivity contribution is 6.31. The van der Waals surface area contributed by atoms with Gasteiger partial charge in [0.2, 0.25) is 5.78 Å². The Balaban J connectivity index is 0.000000620. The van der Waals surface area contributed by atoms with Crippen molar-refractivity contribution in [1.29, 1.82) is 0 Å². The molecule has 8 heteroatoms. The van der Waals surface area contributed by atoms with Gasteiger partial charge in [0, 0.05) is 30.9 Å². The number of rotatable bonds is 0. The minimum absolute atomic E-state index is 0.0472. The Bertz CT molecular complexity index is 978. The lowest BCUT2D eigenvalue weighted by molar-refractivity contribution is -0.106. The van der Waals surface area contributed by atoms with E-state index in [0.29, 0.717) is 29.9 Å². The average Bonchev–Trinajstić information content (AvgIpc) is 2.77. The first-order valence-corrected chi connectivity index (χ1v) is 9.63. The molecule has 4 rings (SSSR count). The van der Waals surface area contributed by atoms with Gasteiger partial charge in [-0.3, -0.25) is 9.59 Å². The zero-order valence-electron chi connectivity index (χ0n) is 18.0. The SMILES string of the molecule is CC1CCc2c(O)c3c(c(O)c2C1)C(=O)c1cccc(O)c1C3=O.CC=O.CO.CO. The van der Waals surface area contributed by atoms with Crippen molar-refractivity contribution in [3.8, 4) is 17.2 Å². The summed E-state index contributed by atoms with van der Waals surface area (Å²) >= 11 is 0. The smallest absolute Gasteiger partial charge is 0.202 e. The number of benzene rings is 2. The summed E-state index contributed by atoms with van der Waals surface area (Å²) in [5.41, 5.74) is 0.669. The minimum Gasteiger partial charge on any atom is -0.507 e. The van der Waals surface area contributed by atoms with Crippen molar-refractivity contribution in [3.05, 3.63) is 51.6 Å². The summed E-state index contributed by atoms with van der Waals surface area (Å²) in [5.74, 6) is -1.61. The number of hydrogen-bond donors (Lipinski definition) is 5. The monoisotopic (exact) mass is 432 g/mol. The zero-order valence-corrected chi connectivity index (χ0v) is 18.0. The second-order valence-electron chi connectivity index (χ2n) is 6.85. The second-order valence-corrected chi connectivity index (χ2v) is 6.85. The highest BCUT2D eigenvalue weighted by Crippen LogP contribution is 2.47. The van der Waals surface area contributed by atoms with Gasteiger partial charge in [-0.05, 0) is 38.2 Å². The maximum atomic E-state index is 12.8. The van der Waals surface area contributed by atoms with Crippen molar-refractivity contribution >= 4 is 17.9 Å². The second kappa shape index (κ2) is 11.2. The summed E-state index contributed by atoms with van der Waals surface area (Å²) in [6.45, 7) is 3.49. The van der Waals surface area contributed by atoms with Crippen LogP contribution in [0.15, 0.2) is 18.2 Å². The summed E-state index contributed by atoms with van der Waals surface area (Å²) < 4.78 is 0. The summed E-state index contributed by atoms with van der Waals surface area (Å²) in [6.07, 6.45) is 2.68. The minimum atomic E-state index is -0.632. The first kappa shape index (κ1) is 25.8. The molecule has 168 valence electrons. The molecule has 1 unspecified atom stereocenters. The van der Waals surface area contributed by atoms with Crippen molar-refractivity contribution < 1.29 is 39.9 Å². The Morgan fingerprint density at radius 3 is 1.97 bits per heavy atom. The van der Waals surface area contributed by atoms with Crippen molar-refractivity contribution in [2.75, 3.05) is 14.2 Å². The van der Waals surface area contributed by atoms with Crippen LogP contribution in [0.25, 0.3) is 0 Å². The first-order valence-electron chi connectivity index (χ1n) is 9.63. The van der Waals surface area contributed by atoms with E-state index in [9.17, 15) is 24.9 Å². The Hall–Kier alpha value is -3.23. The average molecular weight is 432 g/mol. The molecule has 5 N–H and O–H groups in total. The number of carbonyl (C=O) groups is 3. The molecule has 2 aliphatic rings. The molecule has 0 fully saturated rings. The molecule has 1 atom stereocenters. The lowest BCUT2D eigenvalue weighted by atomic mass is 9.76. The van der Waals surface area contributed by atoms with Gasteiger partial charge in [0.05, 0.1) is 16.7 Å². The molecular weight excluding hydrogens is 404 g/mol. The Morgan fingerprint density at radius 2 is 1.39 bits per heavy atom. The molecule has 2 aliphatic carbocycles. The van der Waals surface area contributed by atoms with Gasteiger partial charge in [-0.2, -0.15) is 0 Å². The van der Waals surface area contributed by atoms with Crippen LogP contribution in [0, 0.1) is 5.92 Å². The molecule has 0 amide bonds. The molecule has 0 radical (unpaired) electrons. The van der Waals surface area contributed by atoms with Crippen LogP contribution in [-0.4, -0.2) is 57.6 Å². The van der Waals surface area contributed by atoms with Gasteiger partial charge in [0.1, 0.15) is 23.5 Å². The quantitative estimate of drug-likeness (QED) is 0.268. The molecule has 0 bridgehead atoms. The Labute approximate surface area is 180 Å². The van der Waals surface area contributed by atoms with E-state index in [2.05, 4.69) is 0 Å². The standard InChI is InChI=1S/C19H16O5.C2H4O.2CH4O/c1-8-5-6-9-11(7-8)18(23)14-15(16(9)21)19(24)13-10(17(14)22)3-2-4-12(13)20;1-2-3;2*1-2/h2-4,8,20-21,23H,5-7H2,1H3;2H,1H3;2*2H,1H3. The molecule has 0 saturated carbocycles. The number of aromatic hydroxyl groups is 3. The molecular formula is C23H28O8. The lowest BCUT2D eigenvalue weighted by Gasteiger charge is -2.28. The van der Waals surface area contributed by atoms with Crippen molar-refractivity contribution in [2.45, 2.75) is 33.1 Å². The zero-order chi connectivity index (χ0) is 23.9. The highest BCUT2D eigenvalue weighted by atomic mass is 16.3. The van der Waals surface area contributed by atoms with Crippen LogP contribution in [0.1, 0.15) is 63.2 Å². The van der Waals surface area contributed by atoms with Crippen LogP contribution in [0.3, 0.4) is 0 Å². The third-order valence-corrected chi connectivity index (χ3v) is 5.07. The fraction of sp³-hybridized carbons (Fsp3) is 0.348. The molecule has 0 aliphatic heterocycles. The molecule has 8 nitrogen and oxygen atoms in total.